The van der Waals surface area contributed by atoms with E-state index in [9.17, 15) is 15.0 Å². The van der Waals surface area contributed by atoms with Crippen molar-refractivity contribution in [2.75, 3.05) is 12.0 Å². The summed E-state index contributed by atoms with van der Waals surface area (Å²) in [5, 5.41) is 21.9. The van der Waals surface area contributed by atoms with Crippen LogP contribution in [0.15, 0.2) is 18.2 Å². The second kappa shape index (κ2) is 6.39. The number of rotatable bonds is 5. The van der Waals surface area contributed by atoms with Gasteiger partial charge in [0.25, 0.3) is 5.91 Å². The van der Waals surface area contributed by atoms with Gasteiger partial charge in [-0.25, -0.2) is 0 Å². The Morgan fingerprint density at radius 1 is 1.41 bits per heavy atom. The Bertz CT molecular complexity index is 375. The number of thioether (sulfide) groups is 1. The van der Waals surface area contributed by atoms with Crippen LogP contribution in [-0.2, 0) is 0 Å². The fourth-order valence-corrected chi connectivity index (χ4v) is 2.20. The molecule has 0 bridgehead atoms. The zero-order valence-corrected chi connectivity index (χ0v) is 10.8. The normalized spacial score (nSPS) is 12.1. The molecule has 5 heteroatoms. The van der Waals surface area contributed by atoms with Gasteiger partial charge < -0.3 is 15.5 Å². The molecule has 0 fully saturated rings. The summed E-state index contributed by atoms with van der Waals surface area (Å²) < 4.78 is 0. The Kier molecular flexibility index (Phi) is 5.15. The molecule has 0 aliphatic heterocycles. The molecule has 0 aromatic heterocycles. The number of phenolic OH excluding ortho intramolecular Hbond substituents is 2. The van der Waals surface area contributed by atoms with Crippen LogP contribution < -0.4 is 5.32 Å². The van der Waals surface area contributed by atoms with Crippen molar-refractivity contribution in [2.45, 2.75) is 19.4 Å². The SMILES string of the molecule is CCC(CSC)NC(=O)c1c(O)cccc1O. The molecule has 17 heavy (non-hydrogen) atoms. The van der Waals surface area contributed by atoms with Crippen LogP contribution in [-0.4, -0.2) is 34.2 Å². The van der Waals surface area contributed by atoms with Crippen molar-refractivity contribution in [3.8, 4) is 11.5 Å². The summed E-state index contributed by atoms with van der Waals surface area (Å²) in [6.45, 7) is 1.98. The van der Waals surface area contributed by atoms with Crippen molar-refractivity contribution in [2.24, 2.45) is 0 Å². The van der Waals surface area contributed by atoms with Crippen LogP contribution in [0, 0.1) is 0 Å². The number of carbonyl (C=O) groups is 1. The van der Waals surface area contributed by atoms with E-state index in [2.05, 4.69) is 5.32 Å². The molecule has 0 aliphatic carbocycles. The summed E-state index contributed by atoms with van der Waals surface area (Å²) in [5.41, 5.74) is -0.0629. The average molecular weight is 255 g/mol. The van der Waals surface area contributed by atoms with Gasteiger partial charge in [-0.3, -0.25) is 4.79 Å². The highest BCUT2D eigenvalue weighted by atomic mass is 32.2. The van der Waals surface area contributed by atoms with Gasteiger partial charge in [0.1, 0.15) is 17.1 Å². The smallest absolute Gasteiger partial charge is 0.259 e. The summed E-state index contributed by atoms with van der Waals surface area (Å²) >= 11 is 1.64. The van der Waals surface area contributed by atoms with Crippen molar-refractivity contribution in [3.63, 3.8) is 0 Å². The molecule has 0 saturated heterocycles. The summed E-state index contributed by atoms with van der Waals surface area (Å²) in [5.74, 6) is -0.0548. The Morgan fingerprint density at radius 2 is 2.00 bits per heavy atom. The maximum atomic E-state index is 11.9. The minimum atomic E-state index is -0.443. The lowest BCUT2D eigenvalue weighted by Gasteiger charge is -2.16. The first-order valence-corrected chi connectivity index (χ1v) is 6.80. The second-order valence-electron chi connectivity index (χ2n) is 3.71. The van der Waals surface area contributed by atoms with Crippen molar-refractivity contribution in [1.29, 1.82) is 0 Å². The van der Waals surface area contributed by atoms with E-state index in [0.717, 1.165) is 12.2 Å². The lowest BCUT2D eigenvalue weighted by molar-refractivity contribution is 0.0934. The van der Waals surface area contributed by atoms with E-state index in [4.69, 9.17) is 0 Å². The quantitative estimate of drug-likeness (QED) is 0.752. The Morgan fingerprint density at radius 3 is 2.47 bits per heavy atom. The maximum Gasteiger partial charge on any atom is 0.259 e. The molecule has 1 unspecified atom stereocenters. The lowest BCUT2D eigenvalue weighted by atomic mass is 10.1. The first-order valence-electron chi connectivity index (χ1n) is 5.40. The predicted octanol–water partition coefficient (Wildman–Crippen LogP) is 1.97. The Labute approximate surface area is 105 Å². The van der Waals surface area contributed by atoms with Crippen LogP contribution >= 0.6 is 11.8 Å². The summed E-state index contributed by atoms with van der Waals surface area (Å²) in [7, 11) is 0. The lowest BCUT2D eigenvalue weighted by Crippen LogP contribution is -2.36. The monoisotopic (exact) mass is 255 g/mol. The number of hydrogen-bond donors (Lipinski definition) is 3. The molecule has 0 spiro atoms. The number of phenols is 2. The number of aromatic hydroxyl groups is 2. The molecule has 1 rings (SSSR count). The predicted molar refractivity (Wildman–Crippen MR) is 69.7 cm³/mol. The third-order valence-electron chi connectivity index (χ3n) is 2.44. The number of nitrogens with one attached hydrogen (secondary N) is 1. The third kappa shape index (κ3) is 3.56. The molecule has 94 valence electrons. The van der Waals surface area contributed by atoms with Crippen LogP contribution in [0.25, 0.3) is 0 Å². The first-order chi connectivity index (χ1) is 8.10. The van der Waals surface area contributed by atoms with E-state index in [-0.39, 0.29) is 23.1 Å². The topological polar surface area (TPSA) is 69.6 Å². The molecule has 1 atom stereocenters. The van der Waals surface area contributed by atoms with Crippen LogP contribution in [0.1, 0.15) is 23.7 Å². The van der Waals surface area contributed by atoms with Gasteiger partial charge in [0.15, 0.2) is 0 Å². The van der Waals surface area contributed by atoms with Crippen molar-refractivity contribution < 1.29 is 15.0 Å². The first kappa shape index (κ1) is 13.7. The largest absolute Gasteiger partial charge is 0.507 e. The van der Waals surface area contributed by atoms with Gasteiger partial charge in [0, 0.05) is 11.8 Å². The van der Waals surface area contributed by atoms with E-state index >= 15 is 0 Å². The minimum Gasteiger partial charge on any atom is -0.507 e. The van der Waals surface area contributed by atoms with Crippen LogP contribution in [0.5, 0.6) is 11.5 Å². The number of benzene rings is 1. The molecule has 0 heterocycles. The van der Waals surface area contributed by atoms with Crippen LogP contribution in [0.3, 0.4) is 0 Å². The highest BCUT2D eigenvalue weighted by Gasteiger charge is 2.18. The molecule has 0 radical (unpaired) electrons. The summed E-state index contributed by atoms with van der Waals surface area (Å²) in [4.78, 5) is 11.9. The zero-order valence-electron chi connectivity index (χ0n) is 9.93. The van der Waals surface area contributed by atoms with E-state index in [1.54, 1.807) is 11.8 Å². The van der Waals surface area contributed by atoms with Gasteiger partial charge in [-0.2, -0.15) is 11.8 Å². The fourth-order valence-electron chi connectivity index (χ4n) is 1.48. The molecule has 0 saturated carbocycles. The van der Waals surface area contributed by atoms with Gasteiger partial charge in [-0.05, 0) is 24.8 Å². The maximum absolute atomic E-state index is 11.9. The van der Waals surface area contributed by atoms with Crippen molar-refractivity contribution >= 4 is 17.7 Å². The summed E-state index contributed by atoms with van der Waals surface area (Å²) in [6, 6.07) is 4.28. The van der Waals surface area contributed by atoms with Gasteiger partial charge in [0.2, 0.25) is 0 Å². The van der Waals surface area contributed by atoms with E-state index < -0.39 is 5.91 Å². The van der Waals surface area contributed by atoms with E-state index in [0.29, 0.717) is 0 Å². The number of hydrogen-bond acceptors (Lipinski definition) is 4. The second-order valence-corrected chi connectivity index (χ2v) is 4.62. The minimum absolute atomic E-state index is 0.0384. The molecule has 1 aromatic carbocycles. The molecule has 1 amide bonds. The van der Waals surface area contributed by atoms with Gasteiger partial charge >= 0.3 is 0 Å². The zero-order chi connectivity index (χ0) is 12.8. The van der Waals surface area contributed by atoms with Crippen molar-refractivity contribution in [1.82, 2.24) is 5.32 Å². The third-order valence-corrected chi connectivity index (χ3v) is 3.18. The average Bonchev–Trinajstić information content (AvgIpc) is 2.28. The molecule has 4 nitrogen and oxygen atoms in total. The van der Waals surface area contributed by atoms with Crippen molar-refractivity contribution in [3.05, 3.63) is 23.8 Å². The molecular formula is C12H17NO3S. The Balaban J connectivity index is 2.82. The highest BCUT2D eigenvalue weighted by molar-refractivity contribution is 7.98. The van der Waals surface area contributed by atoms with E-state index in [1.807, 2.05) is 13.2 Å². The van der Waals surface area contributed by atoms with Crippen LogP contribution in [0.2, 0.25) is 0 Å². The molecular weight excluding hydrogens is 238 g/mol. The number of carbonyl (C=O) groups excluding carboxylic acids is 1. The standard InChI is InChI=1S/C12H17NO3S/c1-3-8(7-17-2)13-12(16)11-9(14)5-4-6-10(11)15/h4-6,8,14-15H,3,7H2,1-2H3,(H,13,16). The van der Waals surface area contributed by atoms with Gasteiger partial charge in [0.05, 0.1) is 0 Å². The molecule has 1 aromatic rings. The molecule has 0 aliphatic rings. The fraction of sp³-hybridized carbons (Fsp3) is 0.417. The molecule has 3 N–H and O–H groups in total. The highest BCUT2D eigenvalue weighted by Crippen LogP contribution is 2.26. The Hall–Kier alpha value is -1.36. The number of amides is 1. The van der Waals surface area contributed by atoms with Gasteiger partial charge in [-0.15, -0.1) is 0 Å². The van der Waals surface area contributed by atoms with Crippen LogP contribution in [0.4, 0.5) is 0 Å². The van der Waals surface area contributed by atoms with Gasteiger partial charge in [-0.1, -0.05) is 13.0 Å². The summed E-state index contributed by atoms with van der Waals surface area (Å²) in [6.07, 6.45) is 2.77. The van der Waals surface area contributed by atoms with E-state index in [1.165, 1.54) is 18.2 Å².